The van der Waals surface area contributed by atoms with Crippen molar-refractivity contribution in [3.63, 3.8) is 0 Å². The summed E-state index contributed by atoms with van der Waals surface area (Å²) in [7, 11) is 3.11. The fraction of sp³-hybridized carbons (Fsp3) is 0.240. The molecule has 176 valence electrons. The van der Waals surface area contributed by atoms with Gasteiger partial charge in [-0.15, -0.1) is 0 Å². The van der Waals surface area contributed by atoms with Crippen LogP contribution in [0.5, 0.6) is 11.5 Å². The summed E-state index contributed by atoms with van der Waals surface area (Å²) in [5.74, 6) is 0.873. The third-order valence-electron chi connectivity index (χ3n) is 5.31. The minimum atomic E-state index is -0.795. The number of furan rings is 1. The monoisotopic (exact) mass is 463 g/mol. The Morgan fingerprint density at radius 1 is 1.03 bits per heavy atom. The van der Waals surface area contributed by atoms with Gasteiger partial charge in [0.2, 0.25) is 0 Å². The van der Waals surface area contributed by atoms with E-state index in [1.54, 1.807) is 37.8 Å². The second kappa shape index (κ2) is 9.30. The Kier molecular flexibility index (Phi) is 6.27. The minimum absolute atomic E-state index is 0.390. The van der Waals surface area contributed by atoms with Crippen molar-refractivity contribution in [1.82, 2.24) is 10.3 Å². The van der Waals surface area contributed by atoms with E-state index in [4.69, 9.17) is 18.3 Å². The highest BCUT2D eigenvalue weighted by atomic mass is 16.5. The van der Waals surface area contributed by atoms with E-state index in [0.29, 0.717) is 34.9 Å². The molecule has 0 saturated carbocycles. The van der Waals surface area contributed by atoms with Crippen molar-refractivity contribution in [1.29, 1.82) is 0 Å². The van der Waals surface area contributed by atoms with Gasteiger partial charge in [0.1, 0.15) is 17.3 Å². The summed E-state index contributed by atoms with van der Waals surface area (Å²) in [5, 5.41) is 7.19. The van der Waals surface area contributed by atoms with Gasteiger partial charge in [0, 0.05) is 34.5 Å². The third-order valence-corrected chi connectivity index (χ3v) is 5.31. The van der Waals surface area contributed by atoms with E-state index in [-0.39, 0.29) is 0 Å². The molecule has 0 fully saturated rings. The van der Waals surface area contributed by atoms with E-state index in [1.165, 1.54) is 13.5 Å². The van der Waals surface area contributed by atoms with E-state index in [9.17, 15) is 9.59 Å². The maximum Gasteiger partial charge on any atom is 0.313 e. The number of aromatic nitrogens is 1. The SMILES string of the molecule is COc1ccc2c(CC(C)(C)NC(=O)C(=O)Nc3ccc(-c4cnco4)c(OC)c3)occ2c1. The number of nitrogens with one attached hydrogen (secondary N) is 2. The molecule has 2 heterocycles. The van der Waals surface area contributed by atoms with Gasteiger partial charge in [-0.2, -0.15) is 0 Å². The van der Waals surface area contributed by atoms with Crippen LogP contribution in [0.15, 0.2) is 64.1 Å². The fourth-order valence-electron chi connectivity index (χ4n) is 3.67. The number of hydrogen-bond donors (Lipinski definition) is 2. The number of carbonyl (C=O) groups is 2. The summed E-state index contributed by atoms with van der Waals surface area (Å²) in [5.41, 5.74) is 0.336. The van der Waals surface area contributed by atoms with Gasteiger partial charge in [0.05, 0.1) is 32.2 Å². The number of hydrogen-bond acceptors (Lipinski definition) is 7. The first-order valence-corrected chi connectivity index (χ1v) is 10.5. The predicted molar refractivity (Wildman–Crippen MR) is 126 cm³/mol. The molecule has 4 aromatic rings. The zero-order valence-electron chi connectivity index (χ0n) is 19.3. The van der Waals surface area contributed by atoms with Crippen LogP contribution in [-0.4, -0.2) is 36.6 Å². The number of amides is 2. The standard InChI is InChI=1S/C25H25N3O6/c1-25(2,11-21-18-8-6-17(31-3)9-15(18)13-33-21)28-24(30)23(29)27-16-5-7-19(20(10-16)32-4)22-12-26-14-34-22/h5-10,12-14H,11H2,1-4H3,(H,27,29)(H,28,30). The Balaban J connectivity index is 1.42. The maximum atomic E-state index is 12.6. The average Bonchev–Trinajstić information content (AvgIpc) is 3.48. The topological polar surface area (TPSA) is 116 Å². The number of carbonyl (C=O) groups excluding carboxylic acids is 2. The first-order chi connectivity index (χ1) is 16.3. The second-order valence-corrected chi connectivity index (χ2v) is 8.36. The Bertz CT molecular complexity index is 1320. The zero-order valence-corrected chi connectivity index (χ0v) is 19.3. The number of anilines is 1. The summed E-state index contributed by atoms with van der Waals surface area (Å²) in [6.07, 6.45) is 4.92. The van der Waals surface area contributed by atoms with Gasteiger partial charge >= 0.3 is 11.8 Å². The first-order valence-electron chi connectivity index (χ1n) is 10.5. The van der Waals surface area contributed by atoms with Crippen molar-refractivity contribution in [2.45, 2.75) is 25.8 Å². The van der Waals surface area contributed by atoms with Crippen molar-refractivity contribution < 1.29 is 27.9 Å². The quantitative estimate of drug-likeness (QED) is 0.395. The van der Waals surface area contributed by atoms with Crippen LogP contribution in [0.1, 0.15) is 19.6 Å². The summed E-state index contributed by atoms with van der Waals surface area (Å²) in [6.45, 7) is 3.65. The lowest BCUT2D eigenvalue weighted by Crippen LogP contribution is -2.49. The van der Waals surface area contributed by atoms with E-state index in [2.05, 4.69) is 15.6 Å². The molecule has 0 atom stereocenters. The van der Waals surface area contributed by atoms with Gasteiger partial charge in [0.15, 0.2) is 12.2 Å². The normalized spacial score (nSPS) is 11.3. The van der Waals surface area contributed by atoms with Crippen molar-refractivity contribution in [3.8, 4) is 22.8 Å². The lowest BCUT2D eigenvalue weighted by atomic mass is 9.97. The second-order valence-electron chi connectivity index (χ2n) is 8.36. The highest BCUT2D eigenvalue weighted by molar-refractivity contribution is 6.39. The number of ether oxygens (including phenoxy) is 2. The zero-order chi connectivity index (χ0) is 24.3. The Morgan fingerprint density at radius 3 is 2.56 bits per heavy atom. The molecule has 2 aromatic heterocycles. The maximum absolute atomic E-state index is 12.6. The molecule has 2 N–H and O–H groups in total. The van der Waals surface area contributed by atoms with E-state index >= 15 is 0 Å². The van der Waals surface area contributed by atoms with Gasteiger partial charge in [-0.25, -0.2) is 4.98 Å². The van der Waals surface area contributed by atoms with Gasteiger partial charge in [-0.3, -0.25) is 9.59 Å². The molecule has 9 heteroatoms. The lowest BCUT2D eigenvalue weighted by Gasteiger charge is -2.25. The first kappa shape index (κ1) is 22.9. The predicted octanol–water partition coefficient (Wildman–Crippen LogP) is 4.18. The summed E-state index contributed by atoms with van der Waals surface area (Å²) < 4.78 is 21.6. The molecular weight excluding hydrogens is 438 g/mol. The molecule has 4 rings (SSSR count). The summed E-state index contributed by atoms with van der Waals surface area (Å²) >= 11 is 0. The smallest absolute Gasteiger partial charge is 0.313 e. The molecule has 34 heavy (non-hydrogen) atoms. The Labute approximate surface area is 196 Å². The third kappa shape index (κ3) is 4.88. The molecule has 0 aliphatic rings. The lowest BCUT2D eigenvalue weighted by molar-refractivity contribution is -0.137. The van der Waals surface area contributed by atoms with Crippen LogP contribution < -0.4 is 20.1 Å². The van der Waals surface area contributed by atoms with Crippen LogP contribution in [0.2, 0.25) is 0 Å². The molecule has 0 radical (unpaired) electrons. The Morgan fingerprint density at radius 2 is 1.85 bits per heavy atom. The summed E-state index contributed by atoms with van der Waals surface area (Å²) in [4.78, 5) is 29.1. The Hall–Kier alpha value is -4.27. The van der Waals surface area contributed by atoms with Gasteiger partial charge in [-0.1, -0.05) is 0 Å². The molecule has 9 nitrogen and oxygen atoms in total. The van der Waals surface area contributed by atoms with Crippen LogP contribution in [0.3, 0.4) is 0 Å². The molecule has 0 aliphatic carbocycles. The van der Waals surface area contributed by atoms with E-state index < -0.39 is 17.4 Å². The van der Waals surface area contributed by atoms with Gasteiger partial charge in [-0.05, 0) is 44.2 Å². The average molecular weight is 463 g/mol. The number of fused-ring (bicyclic) bond motifs is 1. The van der Waals surface area contributed by atoms with Crippen LogP contribution in [0, 0.1) is 0 Å². The molecular formula is C25H25N3O6. The van der Waals surface area contributed by atoms with Crippen LogP contribution >= 0.6 is 0 Å². The number of rotatable bonds is 7. The number of nitrogens with zero attached hydrogens (tertiary/aromatic N) is 1. The van der Waals surface area contributed by atoms with E-state index in [0.717, 1.165) is 16.5 Å². The molecule has 2 amide bonds. The van der Waals surface area contributed by atoms with Crippen molar-refractivity contribution in [2.75, 3.05) is 19.5 Å². The van der Waals surface area contributed by atoms with Gasteiger partial charge < -0.3 is 28.9 Å². The highest BCUT2D eigenvalue weighted by Gasteiger charge is 2.27. The van der Waals surface area contributed by atoms with Crippen molar-refractivity contribution >= 4 is 28.3 Å². The number of methoxy groups -OCH3 is 2. The van der Waals surface area contributed by atoms with Crippen LogP contribution in [-0.2, 0) is 16.0 Å². The van der Waals surface area contributed by atoms with Crippen molar-refractivity contribution in [2.24, 2.45) is 0 Å². The largest absolute Gasteiger partial charge is 0.497 e. The minimum Gasteiger partial charge on any atom is -0.497 e. The molecule has 0 saturated heterocycles. The van der Waals surface area contributed by atoms with Crippen LogP contribution in [0.25, 0.3) is 22.1 Å². The molecule has 0 bridgehead atoms. The number of benzene rings is 2. The van der Waals surface area contributed by atoms with E-state index in [1.807, 2.05) is 32.0 Å². The molecule has 2 aromatic carbocycles. The highest BCUT2D eigenvalue weighted by Crippen LogP contribution is 2.32. The van der Waals surface area contributed by atoms with Gasteiger partial charge in [0.25, 0.3) is 0 Å². The molecule has 0 unspecified atom stereocenters. The van der Waals surface area contributed by atoms with Crippen molar-refractivity contribution in [3.05, 3.63) is 61.0 Å². The van der Waals surface area contributed by atoms with Crippen LogP contribution in [0.4, 0.5) is 5.69 Å². The fourth-order valence-corrected chi connectivity index (χ4v) is 3.67. The molecule has 0 spiro atoms. The molecule has 0 aliphatic heterocycles. The number of oxazole rings is 1. The summed E-state index contributed by atoms with van der Waals surface area (Å²) in [6, 6.07) is 10.6.